The summed E-state index contributed by atoms with van der Waals surface area (Å²) < 4.78 is 0. The fraction of sp³-hybridized carbons (Fsp3) is 0.100. The molecule has 0 unspecified atom stereocenters. The summed E-state index contributed by atoms with van der Waals surface area (Å²) in [6.45, 7) is 0.562. The van der Waals surface area contributed by atoms with Crippen LogP contribution in [0.2, 0.25) is 5.02 Å². The molecule has 126 valence electrons. The number of carbonyl (C=O) groups excluding carboxylic acids is 1. The van der Waals surface area contributed by atoms with E-state index in [0.29, 0.717) is 17.3 Å². The van der Waals surface area contributed by atoms with Crippen molar-refractivity contribution < 1.29 is 4.79 Å². The van der Waals surface area contributed by atoms with Crippen molar-refractivity contribution in [2.75, 3.05) is 11.9 Å². The molecule has 0 saturated carbocycles. The predicted molar refractivity (Wildman–Crippen MR) is 101 cm³/mol. The molecule has 4 nitrogen and oxygen atoms in total. The second-order valence-corrected chi connectivity index (χ2v) is 5.93. The number of benzene rings is 2. The fourth-order valence-electron chi connectivity index (χ4n) is 2.41. The number of nitrogens with zero attached hydrogens (tertiary/aromatic N) is 1. The number of nitrogens with one attached hydrogen (secondary N) is 2. The van der Waals surface area contributed by atoms with Crippen molar-refractivity contribution in [2.45, 2.75) is 6.42 Å². The molecular formula is C20H18ClN3O. The number of hydrogen-bond donors (Lipinski definition) is 2. The molecule has 0 aliphatic rings. The average molecular weight is 352 g/mol. The molecule has 2 aromatic carbocycles. The van der Waals surface area contributed by atoms with Gasteiger partial charge in [0.1, 0.15) is 5.69 Å². The Bertz CT molecular complexity index is 852. The molecule has 0 radical (unpaired) electrons. The third-order valence-corrected chi connectivity index (χ3v) is 4.02. The van der Waals surface area contributed by atoms with Crippen LogP contribution in [0.5, 0.6) is 0 Å². The lowest BCUT2D eigenvalue weighted by atomic mass is 10.1. The first-order valence-electron chi connectivity index (χ1n) is 8.02. The molecule has 0 saturated heterocycles. The van der Waals surface area contributed by atoms with Crippen molar-refractivity contribution >= 4 is 28.9 Å². The highest BCUT2D eigenvalue weighted by Gasteiger charge is 2.08. The molecule has 25 heavy (non-hydrogen) atoms. The topological polar surface area (TPSA) is 54.0 Å². The quantitative estimate of drug-likeness (QED) is 0.689. The van der Waals surface area contributed by atoms with Crippen molar-refractivity contribution in [2.24, 2.45) is 0 Å². The Hall–Kier alpha value is -2.85. The van der Waals surface area contributed by atoms with Gasteiger partial charge in [-0.15, -0.1) is 0 Å². The normalized spacial score (nSPS) is 10.3. The van der Waals surface area contributed by atoms with Gasteiger partial charge < -0.3 is 10.6 Å². The smallest absolute Gasteiger partial charge is 0.269 e. The van der Waals surface area contributed by atoms with Crippen LogP contribution in [0, 0.1) is 0 Å². The zero-order valence-corrected chi connectivity index (χ0v) is 14.3. The zero-order chi connectivity index (χ0) is 17.5. The number of carbonyl (C=O) groups is 1. The Labute approximate surface area is 151 Å². The van der Waals surface area contributed by atoms with Gasteiger partial charge in [0.2, 0.25) is 0 Å². The first-order valence-corrected chi connectivity index (χ1v) is 8.40. The molecule has 1 amide bonds. The van der Waals surface area contributed by atoms with E-state index in [9.17, 15) is 4.79 Å². The van der Waals surface area contributed by atoms with Crippen molar-refractivity contribution in [1.29, 1.82) is 0 Å². The van der Waals surface area contributed by atoms with Crippen molar-refractivity contribution in [3.63, 3.8) is 0 Å². The lowest BCUT2D eigenvalue weighted by Gasteiger charge is -2.10. The lowest BCUT2D eigenvalue weighted by Crippen LogP contribution is -2.26. The third kappa shape index (κ3) is 4.81. The molecule has 3 aromatic rings. The van der Waals surface area contributed by atoms with Crippen LogP contribution in [-0.4, -0.2) is 17.4 Å². The summed E-state index contributed by atoms with van der Waals surface area (Å²) in [5.41, 5.74) is 3.09. The molecule has 0 bridgehead atoms. The maximum absolute atomic E-state index is 12.3. The van der Waals surface area contributed by atoms with E-state index >= 15 is 0 Å². The summed E-state index contributed by atoms with van der Waals surface area (Å²) in [5.74, 6) is -0.196. The molecule has 0 fully saturated rings. The standard InChI is InChI=1S/C20H18ClN3O/c21-17-8-4-5-9-18(17)24-16-11-13-22-19(14-16)20(25)23-12-10-15-6-2-1-3-7-15/h1-9,11,13-14H,10,12H2,(H,22,24)(H,23,25). The van der Waals surface area contributed by atoms with Crippen LogP contribution in [-0.2, 0) is 6.42 Å². The van der Waals surface area contributed by atoms with Crippen LogP contribution in [0.15, 0.2) is 72.9 Å². The molecular weight excluding hydrogens is 334 g/mol. The molecule has 3 rings (SSSR count). The second kappa shape index (κ2) is 8.31. The molecule has 1 heterocycles. The van der Waals surface area contributed by atoms with E-state index in [4.69, 9.17) is 11.6 Å². The minimum absolute atomic E-state index is 0.196. The highest BCUT2D eigenvalue weighted by Crippen LogP contribution is 2.24. The summed E-state index contributed by atoms with van der Waals surface area (Å²) in [5, 5.41) is 6.71. The highest BCUT2D eigenvalue weighted by atomic mass is 35.5. The zero-order valence-electron chi connectivity index (χ0n) is 13.6. The number of para-hydroxylation sites is 1. The summed E-state index contributed by atoms with van der Waals surface area (Å²) in [4.78, 5) is 16.4. The summed E-state index contributed by atoms with van der Waals surface area (Å²) in [6.07, 6.45) is 2.38. The SMILES string of the molecule is O=C(NCCc1ccccc1)c1cc(Nc2ccccc2Cl)ccn1. The number of pyridine rings is 1. The van der Waals surface area contributed by atoms with E-state index in [1.54, 1.807) is 18.3 Å². The Morgan fingerprint density at radius 3 is 2.56 bits per heavy atom. The average Bonchev–Trinajstić information content (AvgIpc) is 2.65. The van der Waals surface area contributed by atoms with Gasteiger partial charge in [0, 0.05) is 18.4 Å². The van der Waals surface area contributed by atoms with Crippen LogP contribution >= 0.6 is 11.6 Å². The van der Waals surface area contributed by atoms with E-state index in [2.05, 4.69) is 15.6 Å². The highest BCUT2D eigenvalue weighted by molar-refractivity contribution is 6.33. The third-order valence-electron chi connectivity index (χ3n) is 3.69. The molecule has 0 aliphatic carbocycles. The first-order chi connectivity index (χ1) is 12.2. The Morgan fingerprint density at radius 1 is 1.00 bits per heavy atom. The lowest BCUT2D eigenvalue weighted by molar-refractivity contribution is 0.0949. The van der Waals surface area contributed by atoms with Crippen LogP contribution in [0.3, 0.4) is 0 Å². The van der Waals surface area contributed by atoms with E-state index in [1.165, 1.54) is 5.56 Å². The molecule has 5 heteroatoms. The van der Waals surface area contributed by atoms with E-state index in [-0.39, 0.29) is 5.91 Å². The maximum atomic E-state index is 12.3. The molecule has 0 aliphatic heterocycles. The van der Waals surface area contributed by atoms with E-state index < -0.39 is 0 Å². The second-order valence-electron chi connectivity index (χ2n) is 5.53. The maximum Gasteiger partial charge on any atom is 0.269 e. The first kappa shape index (κ1) is 17.0. The minimum atomic E-state index is -0.196. The minimum Gasteiger partial charge on any atom is -0.354 e. The van der Waals surface area contributed by atoms with E-state index in [1.807, 2.05) is 54.6 Å². The van der Waals surface area contributed by atoms with Crippen LogP contribution in [0.1, 0.15) is 16.1 Å². The van der Waals surface area contributed by atoms with Crippen molar-refractivity contribution in [3.05, 3.63) is 89.2 Å². The molecule has 0 spiro atoms. The van der Waals surface area contributed by atoms with Gasteiger partial charge in [-0.3, -0.25) is 9.78 Å². The summed E-state index contributed by atoms with van der Waals surface area (Å²) in [6, 6.07) is 21.0. The number of amides is 1. The van der Waals surface area contributed by atoms with Crippen LogP contribution < -0.4 is 10.6 Å². The number of hydrogen-bond acceptors (Lipinski definition) is 3. The van der Waals surface area contributed by atoms with Gasteiger partial charge in [-0.05, 0) is 36.2 Å². The van der Waals surface area contributed by atoms with Gasteiger partial charge in [0.25, 0.3) is 5.91 Å². The number of aromatic nitrogens is 1. The summed E-state index contributed by atoms with van der Waals surface area (Å²) >= 11 is 6.15. The Balaban J connectivity index is 1.60. The molecule has 1 aromatic heterocycles. The largest absolute Gasteiger partial charge is 0.354 e. The van der Waals surface area contributed by atoms with Crippen molar-refractivity contribution in [1.82, 2.24) is 10.3 Å². The summed E-state index contributed by atoms with van der Waals surface area (Å²) in [7, 11) is 0. The van der Waals surface area contributed by atoms with Crippen LogP contribution in [0.4, 0.5) is 11.4 Å². The monoisotopic (exact) mass is 351 g/mol. The molecule has 2 N–H and O–H groups in total. The molecule has 0 atom stereocenters. The number of rotatable bonds is 6. The van der Waals surface area contributed by atoms with E-state index in [0.717, 1.165) is 17.8 Å². The predicted octanol–water partition coefficient (Wildman–Crippen LogP) is 4.45. The Morgan fingerprint density at radius 2 is 1.76 bits per heavy atom. The number of anilines is 2. The van der Waals surface area contributed by atoms with Crippen LogP contribution in [0.25, 0.3) is 0 Å². The Kier molecular flexibility index (Phi) is 5.65. The van der Waals surface area contributed by atoms with Gasteiger partial charge in [-0.2, -0.15) is 0 Å². The van der Waals surface area contributed by atoms with Gasteiger partial charge in [0.15, 0.2) is 0 Å². The fourth-order valence-corrected chi connectivity index (χ4v) is 2.59. The van der Waals surface area contributed by atoms with Gasteiger partial charge in [0.05, 0.1) is 10.7 Å². The number of halogens is 1. The van der Waals surface area contributed by atoms with Gasteiger partial charge >= 0.3 is 0 Å². The van der Waals surface area contributed by atoms with Crippen molar-refractivity contribution in [3.8, 4) is 0 Å². The van der Waals surface area contributed by atoms with Gasteiger partial charge in [-0.25, -0.2) is 0 Å². The van der Waals surface area contributed by atoms with Gasteiger partial charge in [-0.1, -0.05) is 54.1 Å².